The minimum Gasteiger partial charge on any atom is -0.507 e. The van der Waals surface area contributed by atoms with Crippen molar-refractivity contribution in [1.29, 1.82) is 0 Å². The number of nitro benzene ring substituents is 1. The second-order valence-electron chi connectivity index (χ2n) is 4.98. The normalized spacial score (nSPS) is 11.4. The molecule has 0 unspecified atom stereocenters. The van der Waals surface area contributed by atoms with Gasteiger partial charge in [-0.15, -0.1) is 0 Å². The lowest BCUT2D eigenvalue weighted by Gasteiger charge is -2.14. The van der Waals surface area contributed by atoms with Gasteiger partial charge in [-0.25, -0.2) is 4.79 Å². The SMILES string of the molecule is C[C@H](OC(=O)c1ccccc1O)C(=O)Nc1ccc([N+](=O)[O-])cc1Cl. The number of para-hydroxylation sites is 1. The number of benzene rings is 2. The van der Waals surface area contributed by atoms with E-state index in [1.807, 2.05) is 0 Å². The number of halogens is 1. The second-order valence-corrected chi connectivity index (χ2v) is 5.38. The first-order valence-electron chi connectivity index (χ1n) is 7.03. The number of carbonyl (C=O) groups is 2. The fourth-order valence-electron chi connectivity index (χ4n) is 1.88. The second kappa shape index (κ2) is 7.63. The van der Waals surface area contributed by atoms with E-state index in [4.69, 9.17) is 16.3 Å². The zero-order chi connectivity index (χ0) is 18.6. The van der Waals surface area contributed by atoms with Crippen molar-refractivity contribution < 1.29 is 24.4 Å². The number of hydrogen-bond acceptors (Lipinski definition) is 6. The average Bonchev–Trinajstić information content (AvgIpc) is 2.56. The number of anilines is 1. The number of aromatic hydroxyl groups is 1. The van der Waals surface area contributed by atoms with Crippen LogP contribution in [0.4, 0.5) is 11.4 Å². The lowest BCUT2D eigenvalue weighted by Crippen LogP contribution is -2.30. The van der Waals surface area contributed by atoms with Crippen LogP contribution >= 0.6 is 11.6 Å². The molecular weight excluding hydrogens is 352 g/mol. The number of esters is 1. The molecule has 0 aliphatic rings. The molecule has 0 aliphatic heterocycles. The summed E-state index contributed by atoms with van der Waals surface area (Å²) in [6.45, 7) is 1.34. The van der Waals surface area contributed by atoms with E-state index >= 15 is 0 Å². The summed E-state index contributed by atoms with van der Waals surface area (Å²) >= 11 is 5.88. The molecule has 0 saturated carbocycles. The molecule has 0 radical (unpaired) electrons. The van der Waals surface area contributed by atoms with E-state index in [0.717, 1.165) is 6.07 Å². The lowest BCUT2D eigenvalue weighted by molar-refractivity contribution is -0.384. The molecule has 130 valence electrons. The lowest BCUT2D eigenvalue weighted by atomic mass is 10.2. The maximum Gasteiger partial charge on any atom is 0.342 e. The summed E-state index contributed by atoms with van der Waals surface area (Å²) < 4.78 is 4.99. The highest BCUT2D eigenvalue weighted by Gasteiger charge is 2.22. The molecule has 0 heterocycles. The molecule has 1 atom stereocenters. The third kappa shape index (κ3) is 4.45. The predicted molar refractivity (Wildman–Crippen MR) is 89.7 cm³/mol. The minimum atomic E-state index is -1.18. The zero-order valence-corrected chi connectivity index (χ0v) is 13.7. The van der Waals surface area contributed by atoms with Crippen LogP contribution in [0.1, 0.15) is 17.3 Å². The molecule has 0 spiro atoms. The number of ether oxygens (including phenoxy) is 1. The van der Waals surface area contributed by atoms with Gasteiger partial charge in [0.1, 0.15) is 11.3 Å². The summed E-state index contributed by atoms with van der Waals surface area (Å²) in [4.78, 5) is 34.1. The quantitative estimate of drug-likeness (QED) is 0.478. The van der Waals surface area contributed by atoms with Crippen molar-refractivity contribution in [2.75, 3.05) is 5.32 Å². The van der Waals surface area contributed by atoms with Gasteiger partial charge in [-0.1, -0.05) is 23.7 Å². The van der Waals surface area contributed by atoms with Crippen LogP contribution in [0.2, 0.25) is 5.02 Å². The molecule has 1 amide bonds. The maximum absolute atomic E-state index is 12.1. The van der Waals surface area contributed by atoms with Crippen molar-refractivity contribution in [2.24, 2.45) is 0 Å². The first kappa shape index (κ1) is 18.2. The van der Waals surface area contributed by atoms with Crippen LogP contribution in [0.15, 0.2) is 42.5 Å². The van der Waals surface area contributed by atoms with Crippen LogP contribution < -0.4 is 5.32 Å². The van der Waals surface area contributed by atoms with Gasteiger partial charge >= 0.3 is 5.97 Å². The van der Waals surface area contributed by atoms with Crippen molar-refractivity contribution in [3.05, 3.63) is 63.2 Å². The van der Waals surface area contributed by atoms with Crippen LogP contribution in [0.3, 0.4) is 0 Å². The molecule has 25 heavy (non-hydrogen) atoms. The molecule has 0 aliphatic carbocycles. The highest BCUT2D eigenvalue weighted by molar-refractivity contribution is 6.34. The Balaban J connectivity index is 2.04. The van der Waals surface area contributed by atoms with Gasteiger partial charge in [0.15, 0.2) is 6.10 Å². The van der Waals surface area contributed by atoms with E-state index < -0.39 is 22.9 Å². The number of phenolic OH excluding ortho intramolecular Hbond substituents is 1. The topological polar surface area (TPSA) is 119 Å². The first-order valence-corrected chi connectivity index (χ1v) is 7.41. The Kier molecular flexibility index (Phi) is 5.56. The van der Waals surface area contributed by atoms with Gasteiger partial charge in [0.2, 0.25) is 0 Å². The third-order valence-corrected chi connectivity index (χ3v) is 3.51. The zero-order valence-electron chi connectivity index (χ0n) is 12.9. The number of carbonyl (C=O) groups excluding carboxylic acids is 2. The van der Waals surface area contributed by atoms with E-state index in [2.05, 4.69) is 5.32 Å². The number of nitrogens with zero attached hydrogens (tertiary/aromatic N) is 1. The smallest absolute Gasteiger partial charge is 0.342 e. The van der Waals surface area contributed by atoms with Gasteiger partial charge < -0.3 is 15.2 Å². The maximum atomic E-state index is 12.1. The van der Waals surface area contributed by atoms with Gasteiger partial charge in [0, 0.05) is 12.1 Å². The molecule has 2 aromatic rings. The summed E-state index contributed by atoms with van der Waals surface area (Å²) in [7, 11) is 0. The van der Waals surface area contributed by atoms with E-state index in [1.165, 1.54) is 37.3 Å². The fourth-order valence-corrected chi connectivity index (χ4v) is 2.10. The van der Waals surface area contributed by atoms with Crippen LogP contribution in [0.5, 0.6) is 5.75 Å². The number of nitrogens with one attached hydrogen (secondary N) is 1. The van der Waals surface area contributed by atoms with E-state index in [0.29, 0.717) is 0 Å². The summed E-state index contributed by atoms with van der Waals surface area (Å²) in [6, 6.07) is 9.30. The molecule has 9 heteroatoms. The number of phenols is 1. The van der Waals surface area contributed by atoms with E-state index in [-0.39, 0.29) is 27.7 Å². The van der Waals surface area contributed by atoms with Crippen LogP contribution in [-0.4, -0.2) is 28.0 Å². The molecule has 0 saturated heterocycles. The number of rotatable bonds is 5. The first-order chi connectivity index (χ1) is 11.8. The van der Waals surface area contributed by atoms with Crippen molar-refractivity contribution in [3.8, 4) is 5.75 Å². The third-order valence-electron chi connectivity index (χ3n) is 3.20. The van der Waals surface area contributed by atoms with Gasteiger partial charge in [0.05, 0.1) is 15.6 Å². The Labute approximate surface area is 147 Å². The monoisotopic (exact) mass is 364 g/mol. The molecule has 0 fully saturated rings. The van der Waals surface area contributed by atoms with Gasteiger partial charge in [-0.2, -0.15) is 0 Å². The van der Waals surface area contributed by atoms with Crippen LogP contribution in [-0.2, 0) is 9.53 Å². The molecule has 0 aromatic heterocycles. The van der Waals surface area contributed by atoms with Crippen molar-refractivity contribution in [3.63, 3.8) is 0 Å². The van der Waals surface area contributed by atoms with Gasteiger partial charge in [-0.3, -0.25) is 14.9 Å². The summed E-state index contributed by atoms with van der Waals surface area (Å²) in [6.07, 6.45) is -1.18. The van der Waals surface area contributed by atoms with Crippen molar-refractivity contribution in [1.82, 2.24) is 0 Å². The largest absolute Gasteiger partial charge is 0.507 e. The summed E-state index contributed by atoms with van der Waals surface area (Å²) in [5.41, 5.74) is -0.153. The summed E-state index contributed by atoms with van der Waals surface area (Å²) in [5, 5.41) is 22.6. The van der Waals surface area contributed by atoms with Gasteiger partial charge in [0.25, 0.3) is 11.6 Å². The molecule has 0 bridgehead atoms. The van der Waals surface area contributed by atoms with Gasteiger partial charge in [-0.05, 0) is 25.1 Å². The summed E-state index contributed by atoms with van der Waals surface area (Å²) in [5.74, 6) is -1.81. The van der Waals surface area contributed by atoms with Crippen LogP contribution in [0, 0.1) is 10.1 Å². The Morgan fingerprint density at radius 3 is 2.56 bits per heavy atom. The molecule has 2 N–H and O–H groups in total. The predicted octanol–water partition coefficient (Wildman–Crippen LogP) is 3.14. The van der Waals surface area contributed by atoms with E-state index in [1.54, 1.807) is 6.07 Å². The number of non-ortho nitro benzene ring substituents is 1. The molecular formula is C16H13ClN2O6. The Bertz CT molecular complexity index is 839. The highest BCUT2D eigenvalue weighted by Crippen LogP contribution is 2.27. The molecule has 2 rings (SSSR count). The Morgan fingerprint density at radius 1 is 1.28 bits per heavy atom. The number of amides is 1. The highest BCUT2D eigenvalue weighted by atomic mass is 35.5. The fraction of sp³-hybridized carbons (Fsp3) is 0.125. The minimum absolute atomic E-state index is 0.0261. The average molecular weight is 365 g/mol. The Morgan fingerprint density at radius 2 is 1.96 bits per heavy atom. The molecule has 2 aromatic carbocycles. The Hall–Kier alpha value is -3.13. The van der Waals surface area contributed by atoms with Crippen LogP contribution in [0.25, 0.3) is 0 Å². The van der Waals surface area contributed by atoms with E-state index in [9.17, 15) is 24.8 Å². The van der Waals surface area contributed by atoms with Crippen molar-refractivity contribution in [2.45, 2.75) is 13.0 Å². The number of nitro groups is 1. The number of hydrogen-bond donors (Lipinski definition) is 2. The standard InChI is InChI=1S/C16H13ClN2O6/c1-9(25-16(22)11-4-2-3-5-14(11)20)15(21)18-13-7-6-10(19(23)24)8-12(13)17/h2-9,20H,1H3,(H,18,21)/t9-/m0/s1. The van der Waals surface area contributed by atoms with Crippen molar-refractivity contribution >= 4 is 34.9 Å². The molecule has 8 nitrogen and oxygen atoms in total.